The van der Waals surface area contributed by atoms with E-state index in [4.69, 9.17) is 9.47 Å². The zero-order valence-corrected chi connectivity index (χ0v) is 8.73. The van der Waals surface area contributed by atoms with E-state index in [1.54, 1.807) is 6.07 Å². The molecule has 1 aliphatic rings. The number of aryl methyl sites for hydroxylation is 1. The predicted octanol–water partition coefficient (Wildman–Crippen LogP) is 2.15. The maximum absolute atomic E-state index is 11.6. The molecule has 1 aromatic carbocycles. The molecule has 1 heterocycles. The monoisotopic (exact) mass is 206 g/mol. The molecule has 0 aromatic heterocycles. The van der Waals surface area contributed by atoms with Gasteiger partial charge in [-0.3, -0.25) is 0 Å². The van der Waals surface area contributed by atoms with Crippen LogP contribution in [0.4, 0.5) is 0 Å². The molecule has 15 heavy (non-hydrogen) atoms. The summed E-state index contributed by atoms with van der Waals surface area (Å²) >= 11 is 0. The van der Waals surface area contributed by atoms with Crippen LogP contribution in [0.1, 0.15) is 29.3 Å². The molecule has 0 aliphatic carbocycles. The molecule has 1 aliphatic heterocycles. The van der Waals surface area contributed by atoms with E-state index in [9.17, 15) is 4.79 Å². The van der Waals surface area contributed by atoms with Crippen molar-refractivity contribution >= 4 is 5.97 Å². The molecule has 3 nitrogen and oxygen atoms in total. The van der Waals surface area contributed by atoms with Gasteiger partial charge >= 0.3 is 5.97 Å². The molecule has 1 saturated heterocycles. The Balaban J connectivity index is 2.03. The lowest BCUT2D eigenvalue weighted by molar-refractivity contribution is -0.184. The normalized spacial score (nSPS) is 19.4. The highest BCUT2D eigenvalue weighted by Crippen LogP contribution is 2.15. The first-order valence-corrected chi connectivity index (χ1v) is 5.21. The average Bonchev–Trinajstić information content (AvgIpc) is 2.23. The van der Waals surface area contributed by atoms with Crippen molar-refractivity contribution in [1.29, 1.82) is 0 Å². The summed E-state index contributed by atoms with van der Waals surface area (Å²) in [6.07, 6.45) is 1.39. The van der Waals surface area contributed by atoms with Gasteiger partial charge in [0.1, 0.15) is 0 Å². The molecule has 3 heteroatoms. The molecule has 80 valence electrons. The van der Waals surface area contributed by atoms with Crippen LogP contribution < -0.4 is 0 Å². The van der Waals surface area contributed by atoms with Gasteiger partial charge in [-0.15, -0.1) is 0 Å². The lowest BCUT2D eigenvalue weighted by atomic mass is 10.1. The van der Waals surface area contributed by atoms with E-state index in [2.05, 4.69) is 6.92 Å². The van der Waals surface area contributed by atoms with Crippen LogP contribution in [0, 0.1) is 0 Å². The van der Waals surface area contributed by atoms with Crippen LogP contribution in [0.2, 0.25) is 0 Å². The Morgan fingerprint density at radius 2 is 2.40 bits per heavy atom. The highest BCUT2D eigenvalue weighted by atomic mass is 16.7. The van der Waals surface area contributed by atoms with Crippen LogP contribution in [0.3, 0.4) is 0 Å². The third-order valence-corrected chi connectivity index (χ3v) is 2.47. The van der Waals surface area contributed by atoms with Crippen LogP contribution in [0.15, 0.2) is 24.3 Å². The topological polar surface area (TPSA) is 35.5 Å². The van der Waals surface area contributed by atoms with Crippen LogP contribution in [-0.2, 0) is 15.9 Å². The Morgan fingerprint density at radius 1 is 1.60 bits per heavy atom. The van der Waals surface area contributed by atoms with Crippen LogP contribution in [0.5, 0.6) is 0 Å². The minimum atomic E-state index is -0.331. The molecule has 2 rings (SSSR count). The van der Waals surface area contributed by atoms with E-state index >= 15 is 0 Å². The Kier molecular flexibility index (Phi) is 3.02. The maximum atomic E-state index is 11.6. The van der Waals surface area contributed by atoms with Crippen molar-refractivity contribution in [3.63, 3.8) is 0 Å². The molecular formula is C12H14O3. The molecular weight excluding hydrogens is 192 g/mol. The summed E-state index contributed by atoms with van der Waals surface area (Å²) in [5, 5.41) is 0. The van der Waals surface area contributed by atoms with Crippen molar-refractivity contribution in [2.45, 2.75) is 26.1 Å². The number of benzene rings is 1. The number of hydrogen-bond donors (Lipinski definition) is 0. The summed E-state index contributed by atoms with van der Waals surface area (Å²) in [4.78, 5) is 11.6. The van der Waals surface area contributed by atoms with E-state index < -0.39 is 0 Å². The summed E-state index contributed by atoms with van der Waals surface area (Å²) in [5.74, 6) is -0.296. The van der Waals surface area contributed by atoms with E-state index in [0.717, 1.165) is 18.4 Å². The van der Waals surface area contributed by atoms with Gasteiger partial charge in [0.2, 0.25) is 6.29 Å². The highest BCUT2D eigenvalue weighted by Gasteiger charge is 2.23. The van der Waals surface area contributed by atoms with Gasteiger partial charge in [0.05, 0.1) is 12.2 Å². The molecule has 1 fully saturated rings. The smallest absolute Gasteiger partial charge is 0.340 e. The van der Waals surface area contributed by atoms with E-state index in [-0.39, 0.29) is 12.3 Å². The van der Waals surface area contributed by atoms with Crippen LogP contribution in [0.25, 0.3) is 0 Å². The lowest BCUT2D eigenvalue weighted by Gasteiger charge is -2.25. The Bertz CT molecular complexity index is 356. The number of rotatable bonds is 3. The highest BCUT2D eigenvalue weighted by molar-refractivity contribution is 5.89. The Labute approximate surface area is 89.0 Å². The van der Waals surface area contributed by atoms with Crippen molar-refractivity contribution in [2.24, 2.45) is 0 Å². The SMILES string of the molecule is CCc1cccc(C(=O)OC2CCO2)c1. The van der Waals surface area contributed by atoms with Gasteiger partial charge in [0.25, 0.3) is 0 Å². The number of ether oxygens (including phenoxy) is 2. The molecule has 0 amide bonds. The average molecular weight is 206 g/mol. The fraction of sp³-hybridized carbons (Fsp3) is 0.417. The van der Waals surface area contributed by atoms with Crippen molar-refractivity contribution < 1.29 is 14.3 Å². The summed E-state index contributed by atoms with van der Waals surface area (Å²) < 4.78 is 10.1. The molecule has 1 atom stereocenters. The number of carbonyl (C=O) groups excluding carboxylic acids is 1. The number of esters is 1. The van der Waals surface area contributed by atoms with Crippen LogP contribution in [-0.4, -0.2) is 18.9 Å². The quantitative estimate of drug-likeness (QED) is 0.711. The Morgan fingerprint density at radius 3 is 3.00 bits per heavy atom. The van der Waals surface area contributed by atoms with Gasteiger partial charge in [-0.2, -0.15) is 0 Å². The fourth-order valence-corrected chi connectivity index (χ4v) is 1.41. The summed E-state index contributed by atoms with van der Waals surface area (Å²) in [6, 6.07) is 7.49. The third-order valence-electron chi connectivity index (χ3n) is 2.47. The van der Waals surface area contributed by atoms with Gasteiger partial charge in [-0.1, -0.05) is 19.1 Å². The summed E-state index contributed by atoms with van der Waals surface area (Å²) in [6.45, 7) is 2.74. The van der Waals surface area contributed by atoms with E-state index in [1.165, 1.54) is 0 Å². The first-order chi connectivity index (χ1) is 7.29. The predicted molar refractivity (Wildman–Crippen MR) is 55.6 cm³/mol. The lowest BCUT2D eigenvalue weighted by Crippen LogP contribution is -2.31. The maximum Gasteiger partial charge on any atom is 0.340 e. The van der Waals surface area contributed by atoms with Crippen molar-refractivity contribution in [2.75, 3.05) is 6.61 Å². The molecule has 1 unspecified atom stereocenters. The number of carbonyl (C=O) groups is 1. The van der Waals surface area contributed by atoms with Gasteiger partial charge < -0.3 is 9.47 Å². The molecule has 0 bridgehead atoms. The molecule has 0 saturated carbocycles. The second-order valence-corrected chi connectivity index (χ2v) is 3.55. The van der Waals surface area contributed by atoms with Gasteiger partial charge in [0.15, 0.2) is 0 Å². The third kappa shape index (κ3) is 2.36. The molecule has 0 N–H and O–H groups in total. The molecule has 0 radical (unpaired) electrons. The standard InChI is InChI=1S/C12H14O3/c1-2-9-4-3-5-10(8-9)12(13)15-11-6-7-14-11/h3-5,8,11H,2,6-7H2,1H3. The Hall–Kier alpha value is -1.35. The molecule has 0 spiro atoms. The van der Waals surface area contributed by atoms with Crippen LogP contribution >= 0.6 is 0 Å². The zero-order chi connectivity index (χ0) is 10.7. The fourth-order valence-electron chi connectivity index (χ4n) is 1.41. The first-order valence-electron chi connectivity index (χ1n) is 5.21. The summed E-state index contributed by atoms with van der Waals surface area (Å²) in [7, 11) is 0. The van der Waals surface area contributed by atoms with E-state index in [1.807, 2.05) is 18.2 Å². The minimum Gasteiger partial charge on any atom is -0.432 e. The van der Waals surface area contributed by atoms with Crippen molar-refractivity contribution in [1.82, 2.24) is 0 Å². The van der Waals surface area contributed by atoms with Crippen molar-refractivity contribution in [3.05, 3.63) is 35.4 Å². The summed E-state index contributed by atoms with van der Waals surface area (Å²) in [5.41, 5.74) is 1.74. The largest absolute Gasteiger partial charge is 0.432 e. The number of hydrogen-bond acceptors (Lipinski definition) is 3. The van der Waals surface area contributed by atoms with Gasteiger partial charge in [0, 0.05) is 6.42 Å². The molecule has 1 aromatic rings. The van der Waals surface area contributed by atoms with Crippen molar-refractivity contribution in [3.8, 4) is 0 Å². The zero-order valence-electron chi connectivity index (χ0n) is 8.73. The second-order valence-electron chi connectivity index (χ2n) is 3.55. The minimum absolute atomic E-state index is 0.296. The van der Waals surface area contributed by atoms with E-state index in [0.29, 0.717) is 12.2 Å². The van der Waals surface area contributed by atoms with Gasteiger partial charge in [-0.05, 0) is 24.1 Å². The first kappa shape index (κ1) is 10.2. The second kappa shape index (κ2) is 4.45. The van der Waals surface area contributed by atoms with Gasteiger partial charge in [-0.25, -0.2) is 4.79 Å².